The summed E-state index contributed by atoms with van der Waals surface area (Å²) in [5, 5.41) is 78.7. The molecule has 14 amide bonds. The van der Waals surface area contributed by atoms with Crippen LogP contribution < -0.4 is 86.3 Å². The molecular weight excluding hydrogens is 1530 g/mol. The van der Waals surface area contributed by atoms with Gasteiger partial charge in [0.05, 0.1) is 51.8 Å². The number of primary amides is 1. The molecule has 2 heterocycles. The SMILES string of the molecule is CCC(C)CCCCCCC(=O)N[C@@H](Cc1c[nH]c2ccccc12)C(=O)NC(CC(N)=O)C(=O)N[C@@H](CC(=O)O)C(=O)N[C@@H]1C(=O)NCC(=O)N[C@@H](CCCN)C(=O)N[C@@H](CC(=O)O)C(=O)N[C@H](C)C(=O)N[C@@H](CC(=O)O)C(=O)NCC(=O)N[C@H](CO)C(=O)N[C@@H]([C@H](C)CC(=O)O)C(=O)N[C@@H](CC(=O)c2ccccc2N)C(=O)O[C@@H]1C. The van der Waals surface area contributed by atoms with Gasteiger partial charge in [0.15, 0.2) is 5.78 Å². The smallest absolute Gasteiger partial charge is 0.329 e. The fourth-order valence-electron chi connectivity index (χ4n) is 11.8. The molecule has 1 saturated heterocycles. The summed E-state index contributed by atoms with van der Waals surface area (Å²) in [6, 6.07) is -10.5. The number of carboxylic acids is 4. The first-order valence-corrected chi connectivity index (χ1v) is 37.2. The number of aromatic amines is 1. The van der Waals surface area contributed by atoms with Gasteiger partial charge < -0.3 is 122 Å². The van der Waals surface area contributed by atoms with Crippen LogP contribution in [0.1, 0.15) is 147 Å². The second-order valence-electron chi connectivity index (χ2n) is 27.8. The number of fused-ring (bicyclic) bond motifs is 1. The van der Waals surface area contributed by atoms with Crippen molar-refractivity contribution < 1.29 is 126 Å². The summed E-state index contributed by atoms with van der Waals surface area (Å²) in [7, 11) is 0. The Labute approximate surface area is 663 Å². The van der Waals surface area contributed by atoms with Crippen LogP contribution in [0.15, 0.2) is 54.7 Å². The lowest BCUT2D eigenvalue weighted by atomic mass is 9.96. The zero-order valence-corrected chi connectivity index (χ0v) is 64.5. The molecule has 1 aliphatic rings. The maximum Gasteiger partial charge on any atom is 0.329 e. The molecule has 0 radical (unpaired) electrons. The molecule has 2 aromatic carbocycles. The van der Waals surface area contributed by atoms with Crippen LogP contribution in [-0.2, 0) is 102 Å². The summed E-state index contributed by atoms with van der Waals surface area (Å²) in [4.78, 5) is 276. The van der Waals surface area contributed by atoms with Gasteiger partial charge in [-0.25, -0.2) is 4.79 Å². The van der Waals surface area contributed by atoms with Crippen molar-refractivity contribution in [1.29, 1.82) is 0 Å². The molecule has 1 aromatic heterocycles. The number of nitrogen functional groups attached to an aromatic ring is 1. The maximum absolute atomic E-state index is 14.8. The Balaban J connectivity index is 1.87. The topological polar surface area (TPSA) is 702 Å². The minimum atomic E-state index is -2.45. The van der Waals surface area contributed by atoms with Crippen LogP contribution in [0, 0.1) is 11.8 Å². The van der Waals surface area contributed by atoms with Gasteiger partial charge in [-0.15, -0.1) is 0 Å². The van der Waals surface area contributed by atoms with Crippen LogP contribution in [0.4, 0.5) is 5.69 Å². The molecule has 0 aliphatic carbocycles. The van der Waals surface area contributed by atoms with Gasteiger partial charge in [-0.2, -0.15) is 0 Å². The summed E-state index contributed by atoms with van der Waals surface area (Å²) >= 11 is 0. The second kappa shape index (κ2) is 47.7. The van der Waals surface area contributed by atoms with E-state index in [-0.39, 0.29) is 37.1 Å². The van der Waals surface area contributed by atoms with Crippen molar-refractivity contribution in [3.05, 3.63) is 65.9 Å². The van der Waals surface area contributed by atoms with E-state index in [1.807, 2.05) is 16.0 Å². The number of ketones is 1. The van der Waals surface area contributed by atoms with Gasteiger partial charge in [0.2, 0.25) is 82.7 Å². The van der Waals surface area contributed by atoms with E-state index in [9.17, 15) is 121 Å². The number of rotatable bonds is 35. The number of hydrogen-bond donors (Lipinski definition) is 22. The normalized spacial score (nSPS) is 21.4. The number of carboxylic acid groups (broad SMARTS) is 4. The molecule has 25 N–H and O–H groups in total. The zero-order chi connectivity index (χ0) is 86.6. The van der Waals surface area contributed by atoms with Gasteiger partial charge in [-0.05, 0) is 75.3 Å². The standard InChI is InChI=1S/C73H103N17O26/c1-6-35(2)16-9-7-8-10-22-54(94)82-45(25-39-31-77-43-20-14-12-17-40(39)43)67(109)85-46(27-53(76)93)68(110)87-49(30-60(103)104)69(111)90-62-38(5)116-73(115)50(26-52(92)41-18-11-13-19-42(41)75)88-72(114)61(36(3)24-57(97)98)89-70(112)51(34-91)83-56(96)32-78-64(106)47(28-58(99)100)84-63(105)37(4)80-66(108)48(29-59(101)102)86-65(107)44(21-15-23-74)81-55(95)33-79-71(62)113/h11-14,17-20,31,35-38,44-51,61-62,77,91H,6-10,15-16,21-30,32-34,74-75H2,1-5H3,(H2,76,93)(H,78,106)(H,79,113)(H,80,108)(H,81,95)(H,82,94)(H,83,96)(H,84,105)(H,85,109)(H,86,107)(H,87,110)(H,88,114)(H,89,112)(H,90,111)(H,97,98)(H,99,100)(H,101,102)(H,103,104)/t35?,36-,37-,38-,44+,45+,46?,47+,48+,49+,50+,51-,61+,62+/m1/s1. The van der Waals surface area contributed by atoms with Crippen LogP contribution in [0.5, 0.6) is 0 Å². The number of hydrogen-bond acceptors (Lipinski definition) is 24. The van der Waals surface area contributed by atoms with E-state index in [0.29, 0.717) is 35.2 Å². The number of H-pyrrole nitrogens is 1. The summed E-state index contributed by atoms with van der Waals surface area (Å²) in [6.45, 7) is 3.27. The summed E-state index contributed by atoms with van der Waals surface area (Å²) in [6.07, 6.45) is -3.45. The molecular formula is C73H103N17O26. The third kappa shape index (κ3) is 32.4. The average Bonchev–Trinajstić information content (AvgIpc) is 1.64. The van der Waals surface area contributed by atoms with Crippen LogP contribution in [0.25, 0.3) is 10.9 Å². The molecule has 4 rings (SSSR count). The van der Waals surface area contributed by atoms with Crippen molar-refractivity contribution in [3.63, 3.8) is 0 Å². The van der Waals surface area contributed by atoms with Crippen molar-refractivity contribution in [1.82, 2.24) is 74.1 Å². The number of nitrogens with two attached hydrogens (primary N) is 3. The first kappa shape index (κ1) is 95.7. The first-order valence-electron chi connectivity index (χ1n) is 37.2. The number of aromatic nitrogens is 1. The second-order valence-corrected chi connectivity index (χ2v) is 27.8. The van der Waals surface area contributed by atoms with Crippen LogP contribution in [0.3, 0.4) is 0 Å². The molecule has 3 aromatic rings. The number of carbonyl (C=O) groups is 20. The number of Topliss-reactive ketones (excluding diaryl/α,β-unsaturated/α-hetero) is 1. The number of benzene rings is 2. The zero-order valence-electron chi connectivity index (χ0n) is 64.5. The van der Waals surface area contributed by atoms with E-state index in [0.717, 1.165) is 46.5 Å². The van der Waals surface area contributed by atoms with Crippen molar-refractivity contribution in [2.45, 2.75) is 210 Å². The molecule has 116 heavy (non-hydrogen) atoms. The lowest BCUT2D eigenvalue weighted by Gasteiger charge is -2.30. The number of amides is 14. The summed E-state index contributed by atoms with van der Waals surface area (Å²) in [5.74, 6) is -29.2. The van der Waals surface area contributed by atoms with Crippen LogP contribution in [0.2, 0.25) is 0 Å². The average molecular weight is 1630 g/mol. The van der Waals surface area contributed by atoms with Crippen molar-refractivity contribution in [3.8, 4) is 0 Å². The van der Waals surface area contributed by atoms with Crippen molar-refractivity contribution in [2.24, 2.45) is 23.3 Å². The van der Waals surface area contributed by atoms with Gasteiger partial charge in [-0.3, -0.25) is 91.1 Å². The highest BCUT2D eigenvalue weighted by Crippen LogP contribution is 2.22. The van der Waals surface area contributed by atoms with Crippen molar-refractivity contribution >= 4 is 135 Å². The number of para-hydroxylation sites is 2. The molecule has 2 unspecified atom stereocenters. The molecule has 0 bridgehead atoms. The van der Waals surface area contributed by atoms with E-state index < -0.39 is 261 Å². The largest absolute Gasteiger partial charge is 0.481 e. The lowest BCUT2D eigenvalue weighted by molar-refractivity contribution is -0.156. The van der Waals surface area contributed by atoms with Crippen LogP contribution >= 0.6 is 0 Å². The monoisotopic (exact) mass is 1630 g/mol. The molecule has 43 nitrogen and oxygen atoms in total. The van der Waals surface area contributed by atoms with Gasteiger partial charge >= 0.3 is 29.8 Å². The van der Waals surface area contributed by atoms with Gasteiger partial charge in [0, 0.05) is 47.6 Å². The van der Waals surface area contributed by atoms with E-state index in [4.69, 9.17) is 21.9 Å². The van der Waals surface area contributed by atoms with E-state index >= 15 is 0 Å². The third-order valence-corrected chi connectivity index (χ3v) is 18.4. The highest BCUT2D eigenvalue weighted by Gasteiger charge is 2.41. The fourth-order valence-corrected chi connectivity index (χ4v) is 11.8. The highest BCUT2D eigenvalue weighted by atomic mass is 16.5. The number of anilines is 1. The minimum absolute atomic E-state index is 0.0230. The number of aliphatic hydroxyl groups excluding tert-OH is 1. The number of cyclic esters (lactones) is 1. The summed E-state index contributed by atoms with van der Waals surface area (Å²) < 4.78 is 5.68. The molecule has 636 valence electrons. The van der Waals surface area contributed by atoms with Gasteiger partial charge in [0.25, 0.3) is 0 Å². The third-order valence-electron chi connectivity index (χ3n) is 18.4. The highest BCUT2D eigenvalue weighted by molar-refractivity contribution is 6.05. The number of nitrogens with one attached hydrogen (secondary N) is 14. The Bertz CT molecular complexity index is 4080. The molecule has 0 saturated carbocycles. The van der Waals surface area contributed by atoms with Crippen molar-refractivity contribution in [2.75, 3.05) is 32.0 Å². The number of aliphatic carboxylic acids is 4. The molecule has 1 aliphatic heterocycles. The quantitative estimate of drug-likeness (QED) is 0.0113. The Kier molecular flexibility index (Phi) is 39.4. The number of ether oxygens (including phenoxy) is 1. The van der Waals surface area contributed by atoms with Gasteiger partial charge in [0.1, 0.15) is 72.6 Å². The molecule has 1 fully saturated rings. The Hall–Kier alpha value is -12.7. The Morgan fingerprint density at radius 1 is 0.560 bits per heavy atom. The molecule has 14 atom stereocenters. The predicted octanol–water partition coefficient (Wildman–Crippen LogP) is -5.38. The van der Waals surface area contributed by atoms with E-state index in [1.165, 1.54) is 24.3 Å². The molecule has 0 spiro atoms. The maximum atomic E-state index is 14.8. The van der Waals surface area contributed by atoms with Crippen LogP contribution in [-0.4, -0.2) is 248 Å². The number of unbranched alkanes of at least 4 members (excludes halogenated alkanes) is 3. The van der Waals surface area contributed by atoms with E-state index in [1.54, 1.807) is 30.5 Å². The number of aliphatic hydroxyl groups is 1. The first-order chi connectivity index (χ1) is 54.7. The van der Waals surface area contributed by atoms with Gasteiger partial charge in [-0.1, -0.05) is 83.2 Å². The Morgan fingerprint density at radius 2 is 1.11 bits per heavy atom. The Morgan fingerprint density at radius 3 is 1.72 bits per heavy atom. The number of carbonyl (C=O) groups excluding carboxylic acids is 16. The van der Waals surface area contributed by atoms with E-state index in [2.05, 4.69) is 72.0 Å². The molecule has 43 heteroatoms. The predicted molar refractivity (Wildman–Crippen MR) is 405 cm³/mol. The number of esters is 1. The summed E-state index contributed by atoms with van der Waals surface area (Å²) in [5.41, 5.74) is 18.1. The lowest BCUT2D eigenvalue weighted by Crippen LogP contribution is -2.62. The minimum Gasteiger partial charge on any atom is -0.481 e. The fraction of sp³-hybridized carbons (Fsp3) is 0.534.